The van der Waals surface area contributed by atoms with Crippen LogP contribution in [-0.4, -0.2) is 92.5 Å². The monoisotopic (exact) mass is 570 g/mol. The number of aliphatic imine (C=N–C) groups is 1. The van der Waals surface area contributed by atoms with Crippen molar-refractivity contribution in [2.24, 2.45) is 4.99 Å². The van der Waals surface area contributed by atoms with Crippen LogP contribution in [0.4, 0.5) is 0 Å². The smallest absolute Gasteiger partial charge is 0.239 e. The fourth-order valence-electron chi connectivity index (χ4n) is 4.84. The van der Waals surface area contributed by atoms with Crippen molar-refractivity contribution in [2.75, 3.05) is 59.9 Å². The molecule has 0 aromatic heterocycles. The summed E-state index contributed by atoms with van der Waals surface area (Å²) in [4.78, 5) is 24.0. The van der Waals surface area contributed by atoms with Gasteiger partial charge in [-0.15, -0.1) is 24.0 Å². The number of carbonyl (C=O) groups excluding carboxylic acids is 1. The van der Waals surface area contributed by atoms with Crippen LogP contribution in [0.3, 0.4) is 0 Å². The molecule has 33 heavy (non-hydrogen) atoms. The lowest BCUT2D eigenvalue weighted by Gasteiger charge is -2.27. The first-order valence-corrected chi connectivity index (χ1v) is 12.4. The molecule has 7 nitrogen and oxygen atoms in total. The van der Waals surface area contributed by atoms with Crippen molar-refractivity contribution in [2.45, 2.75) is 51.1 Å². The average Bonchev–Trinajstić information content (AvgIpc) is 3.49. The van der Waals surface area contributed by atoms with Gasteiger partial charge < -0.3 is 15.5 Å². The quantitative estimate of drug-likeness (QED) is 0.196. The van der Waals surface area contributed by atoms with E-state index in [1.807, 2.05) is 14.1 Å². The third-order valence-electron chi connectivity index (χ3n) is 6.54. The minimum absolute atomic E-state index is 0. The highest BCUT2D eigenvalue weighted by molar-refractivity contribution is 14.0. The van der Waals surface area contributed by atoms with Crippen molar-refractivity contribution in [1.82, 2.24) is 25.3 Å². The van der Waals surface area contributed by atoms with E-state index in [0.717, 1.165) is 71.0 Å². The maximum atomic E-state index is 12.4. The van der Waals surface area contributed by atoms with Crippen LogP contribution in [0, 0.1) is 0 Å². The second-order valence-electron chi connectivity index (χ2n) is 9.10. The van der Waals surface area contributed by atoms with Gasteiger partial charge >= 0.3 is 0 Å². The van der Waals surface area contributed by atoms with Gasteiger partial charge in [0.15, 0.2) is 5.96 Å². The lowest BCUT2D eigenvalue weighted by atomic mass is 10.1. The molecule has 0 bridgehead atoms. The summed E-state index contributed by atoms with van der Waals surface area (Å²) in [6, 6.07) is 11.2. The van der Waals surface area contributed by atoms with Crippen LogP contribution in [0.25, 0.3) is 0 Å². The van der Waals surface area contributed by atoms with Gasteiger partial charge in [-0.2, -0.15) is 0 Å². The standard InChI is InChI=1S/C25H42N6O.HI/c1-4-26-25(27-15-11-19-30-18-10-14-22(30)24(32)29(2)3)28-20-23(31-16-8-9-17-31)21-12-6-5-7-13-21;/h5-7,12-13,22-23H,4,8-11,14-20H2,1-3H3,(H2,26,27,28);1H. The Bertz CT molecular complexity index is 723. The number of likely N-dealkylation sites (tertiary alicyclic amines) is 2. The van der Waals surface area contributed by atoms with Crippen molar-refractivity contribution >= 4 is 35.8 Å². The summed E-state index contributed by atoms with van der Waals surface area (Å²) in [5.74, 6) is 1.12. The molecule has 8 heteroatoms. The van der Waals surface area contributed by atoms with Gasteiger partial charge in [0.1, 0.15) is 0 Å². The Kier molecular flexibility index (Phi) is 12.5. The molecule has 2 aliphatic rings. The fraction of sp³-hybridized carbons (Fsp3) is 0.680. The molecule has 3 rings (SSSR count). The Hall–Kier alpha value is -1.39. The molecule has 0 aliphatic carbocycles. The van der Waals surface area contributed by atoms with Crippen LogP contribution in [0.15, 0.2) is 35.3 Å². The van der Waals surface area contributed by atoms with E-state index in [1.54, 1.807) is 4.90 Å². The van der Waals surface area contributed by atoms with Crippen molar-refractivity contribution < 1.29 is 4.79 Å². The summed E-state index contributed by atoms with van der Waals surface area (Å²) in [5.41, 5.74) is 1.35. The molecule has 0 spiro atoms. The molecule has 2 atom stereocenters. The normalized spacial score (nSPS) is 20.3. The highest BCUT2D eigenvalue weighted by Gasteiger charge is 2.31. The average molecular weight is 571 g/mol. The van der Waals surface area contributed by atoms with Gasteiger partial charge in [0, 0.05) is 33.7 Å². The minimum Gasteiger partial charge on any atom is -0.357 e. The molecule has 1 amide bonds. The van der Waals surface area contributed by atoms with E-state index in [9.17, 15) is 4.79 Å². The largest absolute Gasteiger partial charge is 0.357 e. The number of halogens is 1. The number of nitrogens with one attached hydrogen (secondary N) is 2. The predicted octanol–water partition coefficient (Wildman–Crippen LogP) is 2.94. The minimum atomic E-state index is 0. The van der Waals surface area contributed by atoms with Crippen molar-refractivity contribution in [3.05, 3.63) is 35.9 Å². The van der Waals surface area contributed by atoms with Gasteiger partial charge in [0.05, 0.1) is 18.6 Å². The first-order valence-electron chi connectivity index (χ1n) is 12.4. The molecule has 0 radical (unpaired) electrons. The van der Waals surface area contributed by atoms with Gasteiger partial charge in [-0.3, -0.25) is 19.6 Å². The zero-order valence-corrected chi connectivity index (χ0v) is 23.0. The summed E-state index contributed by atoms with van der Waals surface area (Å²) in [7, 11) is 3.70. The molecular weight excluding hydrogens is 527 g/mol. The van der Waals surface area contributed by atoms with Crippen LogP contribution in [0.2, 0.25) is 0 Å². The Morgan fingerprint density at radius 2 is 1.85 bits per heavy atom. The van der Waals surface area contributed by atoms with Crippen molar-refractivity contribution in [3.63, 3.8) is 0 Å². The van der Waals surface area contributed by atoms with Gasteiger partial charge in [-0.25, -0.2) is 0 Å². The lowest BCUT2D eigenvalue weighted by molar-refractivity contribution is -0.133. The second kappa shape index (κ2) is 14.8. The highest BCUT2D eigenvalue weighted by Crippen LogP contribution is 2.25. The number of likely N-dealkylation sites (N-methyl/N-ethyl adjacent to an activating group) is 1. The zero-order chi connectivity index (χ0) is 22.8. The number of benzene rings is 1. The van der Waals surface area contributed by atoms with Crippen LogP contribution in [0.5, 0.6) is 0 Å². The summed E-state index contributed by atoms with van der Waals surface area (Å²) >= 11 is 0. The molecular formula is C25H43IN6O. The van der Waals surface area contributed by atoms with Gasteiger partial charge in [-0.05, 0) is 64.2 Å². The van der Waals surface area contributed by atoms with E-state index < -0.39 is 0 Å². The van der Waals surface area contributed by atoms with Crippen LogP contribution in [0.1, 0.15) is 50.6 Å². The molecule has 1 aromatic carbocycles. The second-order valence-corrected chi connectivity index (χ2v) is 9.10. The first-order chi connectivity index (χ1) is 15.6. The Morgan fingerprint density at radius 1 is 1.12 bits per heavy atom. The topological polar surface area (TPSA) is 63.2 Å². The van der Waals surface area contributed by atoms with E-state index >= 15 is 0 Å². The number of guanidine groups is 1. The van der Waals surface area contributed by atoms with E-state index in [-0.39, 0.29) is 35.9 Å². The number of hydrogen-bond donors (Lipinski definition) is 2. The highest BCUT2D eigenvalue weighted by atomic mass is 127. The molecule has 186 valence electrons. The maximum absolute atomic E-state index is 12.4. The summed E-state index contributed by atoms with van der Waals surface area (Å²) < 4.78 is 0. The Balaban J connectivity index is 0.00000385. The molecule has 2 fully saturated rings. The summed E-state index contributed by atoms with van der Waals surface area (Å²) in [5, 5.41) is 6.90. The third-order valence-corrected chi connectivity index (χ3v) is 6.54. The summed E-state index contributed by atoms with van der Waals surface area (Å²) in [6.45, 7) is 8.83. The third kappa shape index (κ3) is 8.40. The van der Waals surface area contributed by atoms with Crippen molar-refractivity contribution in [1.29, 1.82) is 0 Å². The SMILES string of the molecule is CCNC(=NCC(c1ccccc1)N1CCCC1)NCCCN1CCCC1C(=O)N(C)C.I. The van der Waals surface area contributed by atoms with E-state index in [0.29, 0.717) is 6.04 Å². The number of carbonyl (C=O) groups is 1. The predicted molar refractivity (Wildman–Crippen MR) is 147 cm³/mol. The molecule has 2 saturated heterocycles. The number of rotatable bonds is 10. The van der Waals surface area contributed by atoms with Crippen LogP contribution in [-0.2, 0) is 4.79 Å². The van der Waals surface area contributed by atoms with Crippen LogP contribution >= 0.6 is 24.0 Å². The maximum Gasteiger partial charge on any atom is 0.239 e. The van der Waals surface area contributed by atoms with E-state index in [1.165, 1.54) is 18.4 Å². The molecule has 2 unspecified atom stereocenters. The fourth-order valence-corrected chi connectivity index (χ4v) is 4.84. The molecule has 0 saturated carbocycles. The lowest BCUT2D eigenvalue weighted by Crippen LogP contribution is -2.44. The van der Waals surface area contributed by atoms with Crippen molar-refractivity contribution in [3.8, 4) is 0 Å². The zero-order valence-electron chi connectivity index (χ0n) is 20.6. The Morgan fingerprint density at radius 3 is 2.52 bits per heavy atom. The Labute approximate surface area is 217 Å². The number of nitrogens with zero attached hydrogens (tertiary/aromatic N) is 4. The van der Waals surface area contributed by atoms with Crippen LogP contribution < -0.4 is 10.6 Å². The van der Waals surface area contributed by atoms with E-state index in [4.69, 9.17) is 4.99 Å². The van der Waals surface area contributed by atoms with Gasteiger partial charge in [0.25, 0.3) is 0 Å². The molecule has 2 N–H and O–H groups in total. The number of amides is 1. The number of hydrogen-bond acceptors (Lipinski definition) is 4. The van der Waals surface area contributed by atoms with Gasteiger partial charge in [-0.1, -0.05) is 30.3 Å². The molecule has 2 aliphatic heterocycles. The molecule has 1 aromatic rings. The first kappa shape index (κ1) is 27.9. The molecule has 2 heterocycles. The van der Waals surface area contributed by atoms with Gasteiger partial charge in [0.2, 0.25) is 5.91 Å². The van der Waals surface area contributed by atoms with E-state index in [2.05, 4.69) is 57.7 Å². The summed E-state index contributed by atoms with van der Waals surface area (Å²) in [6.07, 6.45) is 5.64.